The van der Waals surface area contributed by atoms with E-state index in [0.29, 0.717) is 28.5 Å². The van der Waals surface area contributed by atoms with Crippen molar-refractivity contribution in [2.45, 2.75) is 13.1 Å². The third kappa shape index (κ3) is 2.31. The van der Waals surface area contributed by atoms with Gasteiger partial charge in [0, 0.05) is 5.56 Å². The monoisotopic (exact) mass is 293 g/mol. The summed E-state index contributed by atoms with van der Waals surface area (Å²) in [6.45, 7) is 1.50. The van der Waals surface area contributed by atoms with Crippen LogP contribution in [0.4, 0.5) is 13.2 Å². The lowest BCUT2D eigenvalue weighted by atomic mass is 10.0. The van der Waals surface area contributed by atoms with Crippen LogP contribution >= 0.6 is 0 Å². The summed E-state index contributed by atoms with van der Waals surface area (Å²) in [7, 11) is 0. The number of phenols is 1. The van der Waals surface area contributed by atoms with Crippen LogP contribution in [0, 0.1) is 6.92 Å². The molecule has 0 bridgehead atoms. The Kier molecular flexibility index (Phi) is 2.86. The summed E-state index contributed by atoms with van der Waals surface area (Å²) in [5.74, 6) is -0.454. The number of halogens is 3. The summed E-state index contributed by atoms with van der Waals surface area (Å²) in [6.07, 6.45) is -3.03. The summed E-state index contributed by atoms with van der Waals surface area (Å²) in [5.41, 5.74) is 1.20. The normalized spacial score (nSPS) is 12.0. The fourth-order valence-corrected chi connectivity index (χ4v) is 2.23. The number of alkyl halides is 3. The Labute approximate surface area is 117 Å². The molecule has 0 unspecified atom stereocenters. The van der Waals surface area contributed by atoms with Gasteiger partial charge in [0.1, 0.15) is 5.75 Å². The average Bonchev–Trinajstić information content (AvgIpc) is 2.84. The number of imidazole rings is 1. The van der Waals surface area contributed by atoms with E-state index in [1.54, 1.807) is 12.1 Å². The van der Waals surface area contributed by atoms with Crippen molar-refractivity contribution in [1.82, 2.24) is 15.0 Å². The summed E-state index contributed by atoms with van der Waals surface area (Å²) in [5, 5.41) is 9.94. The van der Waals surface area contributed by atoms with Gasteiger partial charge in [-0.2, -0.15) is 13.2 Å². The van der Waals surface area contributed by atoms with Crippen LogP contribution in [0.15, 0.2) is 30.6 Å². The van der Waals surface area contributed by atoms with Crippen molar-refractivity contribution in [2.24, 2.45) is 0 Å². The Morgan fingerprint density at radius 1 is 1.19 bits per heavy atom. The Balaban J connectivity index is 2.18. The van der Waals surface area contributed by atoms with Crippen LogP contribution in [0.5, 0.6) is 5.75 Å². The van der Waals surface area contributed by atoms with Crippen LogP contribution in [-0.2, 0) is 6.18 Å². The Morgan fingerprint density at radius 3 is 2.62 bits per heavy atom. The van der Waals surface area contributed by atoms with Crippen molar-refractivity contribution < 1.29 is 18.3 Å². The summed E-state index contributed by atoms with van der Waals surface area (Å²) in [4.78, 5) is 11.1. The molecule has 4 nitrogen and oxygen atoms in total. The van der Waals surface area contributed by atoms with Crippen molar-refractivity contribution in [3.8, 4) is 17.0 Å². The number of pyridine rings is 1. The Morgan fingerprint density at radius 2 is 1.95 bits per heavy atom. The maximum absolute atomic E-state index is 12.7. The molecule has 0 spiro atoms. The van der Waals surface area contributed by atoms with E-state index in [-0.39, 0.29) is 5.56 Å². The second-order valence-electron chi connectivity index (χ2n) is 4.66. The smallest absolute Gasteiger partial charge is 0.416 e. The predicted octanol–water partition coefficient (Wildman–Crippen LogP) is 3.66. The highest BCUT2D eigenvalue weighted by atomic mass is 19.4. The average molecular weight is 293 g/mol. The van der Waals surface area contributed by atoms with Crippen LogP contribution in [0.2, 0.25) is 0 Å². The number of phenolic OH excluding ortho intramolecular Hbond substituents is 1. The number of fused-ring (bicyclic) bond motifs is 1. The molecule has 0 atom stereocenters. The third-order valence-corrected chi connectivity index (χ3v) is 3.18. The maximum Gasteiger partial charge on any atom is 0.416 e. The van der Waals surface area contributed by atoms with Gasteiger partial charge in [-0.15, -0.1) is 0 Å². The second kappa shape index (κ2) is 4.47. The molecule has 2 heterocycles. The molecule has 3 aromatic rings. The van der Waals surface area contributed by atoms with E-state index in [4.69, 9.17) is 0 Å². The zero-order valence-corrected chi connectivity index (χ0v) is 10.9. The van der Waals surface area contributed by atoms with Gasteiger partial charge in [0.15, 0.2) is 5.65 Å². The van der Waals surface area contributed by atoms with Gasteiger partial charge < -0.3 is 10.1 Å². The van der Waals surface area contributed by atoms with Gasteiger partial charge >= 0.3 is 6.18 Å². The van der Waals surface area contributed by atoms with Gasteiger partial charge in [0.05, 0.1) is 23.1 Å². The first-order valence-electron chi connectivity index (χ1n) is 6.07. The predicted molar refractivity (Wildman–Crippen MR) is 70.7 cm³/mol. The zero-order chi connectivity index (χ0) is 15.2. The van der Waals surface area contributed by atoms with Crippen LogP contribution in [0.1, 0.15) is 11.1 Å². The molecule has 1 aromatic carbocycles. The maximum atomic E-state index is 12.7. The number of aromatic amines is 1. The number of H-pyrrole nitrogens is 1. The molecule has 7 heteroatoms. The molecule has 21 heavy (non-hydrogen) atoms. The lowest BCUT2D eigenvalue weighted by molar-refractivity contribution is -0.137. The van der Waals surface area contributed by atoms with Crippen molar-refractivity contribution in [3.05, 3.63) is 41.7 Å². The molecular formula is C14H10F3N3O. The van der Waals surface area contributed by atoms with Crippen molar-refractivity contribution in [3.63, 3.8) is 0 Å². The van der Waals surface area contributed by atoms with E-state index in [9.17, 15) is 18.3 Å². The highest BCUT2D eigenvalue weighted by molar-refractivity contribution is 5.78. The fraction of sp³-hybridized carbons (Fsp3) is 0.143. The quantitative estimate of drug-likeness (QED) is 0.719. The van der Waals surface area contributed by atoms with Crippen molar-refractivity contribution in [1.29, 1.82) is 0 Å². The van der Waals surface area contributed by atoms with Crippen molar-refractivity contribution in [2.75, 3.05) is 0 Å². The standard InChI is InChI=1S/C14H10F3N3O/c1-7-4-8(14(15,16)17)5-11(21)12(7)9-2-3-10-13(20-9)19-6-18-10/h2-6,21H,1H3,(H,18,19,20). The van der Waals surface area contributed by atoms with Crippen LogP contribution < -0.4 is 0 Å². The minimum absolute atomic E-state index is 0.271. The van der Waals surface area contributed by atoms with Gasteiger partial charge in [0.2, 0.25) is 0 Å². The van der Waals surface area contributed by atoms with E-state index in [0.717, 1.165) is 6.07 Å². The first-order chi connectivity index (χ1) is 9.86. The number of nitrogens with one attached hydrogen (secondary N) is 1. The lowest BCUT2D eigenvalue weighted by Gasteiger charge is -2.13. The molecule has 2 N–H and O–H groups in total. The first kappa shape index (κ1) is 13.4. The number of hydrogen-bond acceptors (Lipinski definition) is 3. The Bertz CT molecular complexity index is 801. The SMILES string of the molecule is Cc1cc(C(F)(F)F)cc(O)c1-c1ccc2[nH]cnc2n1. The molecule has 0 saturated carbocycles. The molecule has 0 radical (unpaired) electrons. The van der Waals surface area contributed by atoms with Gasteiger partial charge in [-0.25, -0.2) is 9.97 Å². The second-order valence-corrected chi connectivity index (χ2v) is 4.66. The molecule has 2 aromatic heterocycles. The van der Waals surface area contributed by atoms with Crippen LogP contribution in [0.25, 0.3) is 22.4 Å². The van der Waals surface area contributed by atoms with Crippen molar-refractivity contribution >= 4 is 11.2 Å². The number of aryl methyl sites for hydroxylation is 1. The summed E-state index contributed by atoms with van der Waals surface area (Å²) < 4.78 is 38.1. The number of hydrogen-bond donors (Lipinski definition) is 2. The van der Waals surface area contributed by atoms with E-state index in [2.05, 4.69) is 15.0 Å². The number of aromatic hydroxyl groups is 1. The minimum atomic E-state index is -4.50. The first-order valence-corrected chi connectivity index (χ1v) is 6.07. The molecule has 0 aliphatic rings. The van der Waals surface area contributed by atoms with E-state index >= 15 is 0 Å². The van der Waals surface area contributed by atoms with Gasteiger partial charge in [0.25, 0.3) is 0 Å². The van der Waals surface area contributed by atoms with Crippen LogP contribution in [0.3, 0.4) is 0 Å². The number of rotatable bonds is 1. The third-order valence-electron chi connectivity index (χ3n) is 3.18. The summed E-state index contributed by atoms with van der Waals surface area (Å²) >= 11 is 0. The van der Waals surface area contributed by atoms with Crippen LogP contribution in [-0.4, -0.2) is 20.1 Å². The molecule has 0 aliphatic carbocycles. The minimum Gasteiger partial charge on any atom is -0.507 e. The van der Waals surface area contributed by atoms with E-state index in [1.165, 1.54) is 13.3 Å². The number of nitrogens with zero attached hydrogens (tertiary/aromatic N) is 2. The largest absolute Gasteiger partial charge is 0.507 e. The van der Waals surface area contributed by atoms with Gasteiger partial charge in [-0.05, 0) is 36.8 Å². The molecule has 0 fully saturated rings. The van der Waals surface area contributed by atoms with Gasteiger partial charge in [-0.3, -0.25) is 0 Å². The fourth-order valence-electron chi connectivity index (χ4n) is 2.23. The van der Waals surface area contributed by atoms with E-state index in [1.807, 2.05) is 0 Å². The molecule has 3 rings (SSSR count). The molecule has 0 amide bonds. The molecule has 0 aliphatic heterocycles. The molecule has 0 saturated heterocycles. The zero-order valence-electron chi connectivity index (χ0n) is 10.9. The molecule has 108 valence electrons. The van der Waals surface area contributed by atoms with E-state index < -0.39 is 17.5 Å². The topological polar surface area (TPSA) is 61.8 Å². The van der Waals surface area contributed by atoms with Gasteiger partial charge in [-0.1, -0.05) is 0 Å². The number of benzene rings is 1. The lowest BCUT2D eigenvalue weighted by Crippen LogP contribution is -2.05. The molecular weight excluding hydrogens is 283 g/mol. The summed E-state index contributed by atoms with van der Waals surface area (Å²) in [6, 6.07) is 5.03. The number of aromatic nitrogens is 3. The highest BCUT2D eigenvalue weighted by Crippen LogP contribution is 2.38. The Hall–Kier alpha value is -2.57. The highest BCUT2D eigenvalue weighted by Gasteiger charge is 2.32.